The number of carbonyl (C=O) groups excluding carboxylic acids is 1. The Balaban J connectivity index is 1.46. The molecule has 3 aromatic carbocycles. The lowest BCUT2D eigenvalue weighted by molar-refractivity contribution is 0.101. The van der Waals surface area contributed by atoms with E-state index in [1.54, 1.807) is 14.0 Å². The number of hydrogen-bond acceptors (Lipinski definition) is 6. The molecule has 0 amide bonds. The van der Waals surface area contributed by atoms with E-state index in [0.717, 1.165) is 38.0 Å². The molecule has 4 rings (SSSR count). The molecule has 0 bridgehead atoms. The number of carbonyl (C=O) groups is 1. The zero-order chi connectivity index (χ0) is 21.6. The van der Waals surface area contributed by atoms with E-state index < -0.39 is 0 Å². The minimum atomic E-state index is 0.0536. The predicted octanol–water partition coefficient (Wildman–Crippen LogP) is 5.77. The van der Waals surface area contributed by atoms with Gasteiger partial charge in [0.1, 0.15) is 22.4 Å². The van der Waals surface area contributed by atoms with Crippen LogP contribution in [0.4, 0.5) is 0 Å². The third kappa shape index (κ3) is 5.05. The summed E-state index contributed by atoms with van der Waals surface area (Å²) in [7, 11) is 1.66. The van der Waals surface area contributed by atoms with Crippen LogP contribution in [0.25, 0.3) is 32.3 Å². The Morgan fingerprint density at radius 2 is 1.23 bits per heavy atom. The molecule has 0 radical (unpaired) electrons. The van der Waals surface area contributed by atoms with Gasteiger partial charge in [0.25, 0.3) is 0 Å². The molecule has 0 aliphatic rings. The van der Waals surface area contributed by atoms with Crippen molar-refractivity contribution in [2.75, 3.05) is 20.3 Å². The smallest absolute Gasteiger partial charge is 0.159 e. The number of benzene rings is 3. The maximum Gasteiger partial charge on any atom is 0.159 e. The molecule has 0 saturated heterocycles. The Morgan fingerprint density at radius 1 is 0.742 bits per heavy atom. The first kappa shape index (κ1) is 20.9. The quantitative estimate of drug-likeness (QED) is 0.262. The third-order valence-electron chi connectivity index (χ3n) is 4.84. The summed E-state index contributed by atoms with van der Waals surface area (Å²) in [4.78, 5) is 11.4. The number of nitrogens with zero attached hydrogens (tertiary/aromatic N) is 2. The largest absolute Gasteiger partial charge is 0.491 e. The zero-order valence-corrected chi connectivity index (χ0v) is 18.2. The van der Waals surface area contributed by atoms with Gasteiger partial charge in [-0.15, -0.1) is 10.2 Å². The van der Waals surface area contributed by atoms with E-state index in [1.807, 2.05) is 48.5 Å². The molecule has 1 heterocycles. The number of methoxy groups -OCH3 is 1. The van der Waals surface area contributed by atoms with Crippen LogP contribution in [0.3, 0.4) is 0 Å². The lowest BCUT2D eigenvalue weighted by Gasteiger charge is -2.07. The second-order valence-electron chi connectivity index (χ2n) is 6.99. The Labute approximate surface area is 185 Å². The van der Waals surface area contributed by atoms with Crippen LogP contribution in [0.5, 0.6) is 5.75 Å². The van der Waals surface area contributed by atoms with Gasteiger partial charge in [-0.25, -0.2) is 0 Å². The highest BCUT2D eigenvalue weighted by atomic mass is 32.1. The van der Waals surface area contributed by atoms with Crippen molar-refractivity contribution in [3.05, 3.63) is 78.4 Å². The van der Waals surface area contributed by atoms with Crippen LogP contribution in [0.15, 0.2) is 72.8 Å². The van der Waals surface area contributed by atoms with Crippen LogP contribution < -0.4 is 4.74 Å². The van der Waals surface area contributed by atoms with Crippen molar-refractivity contribution in [3.8, 4) is 38.0 Å². The van der Waals surface area contributed by atoms with Crippen LogP contribution in [0.1, 0.15) is 17.3 Å². The summed E-state index contributed by atoms with van der Waals surface area (Å²) in [5.74, 6) is 0.882. The Morgan fingerprint density at radius 3 is 1.74 bits per heavy atom. The summed E-state index contributed by atoms with van der Waals surface area (Å²) in [6.45, 7) is 2.67. The highest BCUT2D eigenvalue weighted by Crippen LogP contribution is 2.31. The standard InChI is InChI=1S/C25H22N2O3S/c1-17(28)18-3-7-21(8-4-18)24-26-27-25(31-24)22-9-5-19(6-10-22)20-11-13-23(14-12-20)30-16-15-29-2/h3-14H,15-16H2,1-2H3. The molecule has 0 saturated carbocycles. The van der Waals surface area contributed by atoms with Crippen LogP contribution >= 0.6 is 11.3 Å². The molecule has 31 heavy (non-hydrogen) atoms. The van der Waals surface area contributed by atoms with E-state index in [9.17, 15) is 4.79 Å². The lowest BCUT2D eigenvalue weighted by atomic mass is 10.0. The molecule has 4 aromatic rings. The average molecular weight is 431 g/mol. The SMILES string of the molecule is COCCOc1ccc(-c2ccc(-c3nnc(-c4ccc(C(C)=O)cc4)s3)cc2)cc1. The summed E-state index contributed by atoms with van der Waals surface area (Å²) < 4.78 is 10.6. The molecule has 0 aliphatic heterocycles. The zero-order valence-electron chi connectivity index (χ0n) is 17.4. The molecule has 6 heteroatoms. The Kier molecular flexibility index (Phi) is 6.50. The van der Waals surface area contributed by atoms with Gasteiger partial charge < -0.3 is 9.47 Å². The second kappa shape index (κ2) is 9.64. The van der Waals surface area contributed by atoms with E-state index in [2.05, 4.69) is 34.5 Å². The van der Waals surface area contributed by atoms with E-state index in [1.165, 1.54) is 11.3 Å². The number of ketones is 1. The van der Waals surface area contributed by atoms with Crippen LogP contribution in [0, 0.1) is 0 Å². The Hall–Kier alpha value is -3.35. The molecule has 0 atom stereocenters. The normalized spacial score (nSPS) is 10.8. The van der Waals surface area contributed by atoms with E-state index in [4.69, 9.17) is 9.47 Å². The minimum Gasteiger partial charge on any atom is -0.491 e. The van der Waals surface area contributed by atoms with Crippen molar-refractivity contribution in [1.82, 2.24) is 10.2 Å². The fourth-order valence-electron chi connectivity index (χ4n) is 3.10. The number of Topliss-reactive ketones (excluding diaryl/α,β-unsaturated/α-hetero) is 1. The maximum atomic E-state index is 11.4. The van der Waals surface area contributed by atoms with Crippen molar-refractivity contribution in [1.29, 1.82) is 0 Å². The molecule has 0 fully saturated rings. The van der Waals surface area contributed by atoms with Crippen molar-refractivity contribution < 1.29 is 14.3 Å². The molecule has 0 aliphatic carbocycles. The summed E-state index contributed by atoms with van der Waals surface area (Å²) in [6, 6.07) is 23.8. The first-order valence-corrected chi connectivity index (χ1v) is 10.7. The highest BCUT2D eigenvalue weighted by Gasteiger charge is 2.10. The van der Waals surface area contributed by atoms with Gasteiger partial charge in [-0.3, -0.25) is 4.79 Å². The van der Waals surface area contributed by atoms with E-state index >= 15 is 0 Å². The molecule has 0 unspecified atom stereocenters. The highest BCUT2D eigenvalue weighted by molar-refractivity contribution is 7.17. The lowest BCUT2D eigenvalue weighted by Crippen LogP contribution is -2.03. The van der Waals surface area contributed by atoms with Crippen LogP contribution in [0.2, 0.25) is 0 Å². The number of hydrogen-bond donors (Lipinski definition) is 0. The van der Waals surface area contributed by atoms with Gasteiger partial charge >= 0.3 is 0 Å². The number of rotatable bonds is 8. The molecule has 0 N–H and O–H groups in total. The average Bonchev–Trinajstić information content (AvgIpc) is 3.30. The van der Waals surface area contributed by atoms with Crippen molar-refractivity contribution in [2.45, 2.75) is 6.92 Å². The van der Waals surface area contributed by atoms with Crippen molar-refractivity contribution in [2.24, 2.45) is 0 Å². The van der Waals surface area contributed by atoms with Crippen LogP contribution in [-0.4, -0.2) is 36.3 Å². The summed E-state index contributed by atoms with van der Waals surface area (Å²) >= 11 is 1.53. The van der Waals surface area contributed by atoms with Crippen molar-refractivity contribution >= 4 is 17.1 Å². The van der Waals surface area contributed by atoms with Gasteiger partial charge in [0.05, 0.1) is 6.61 Å². The summed E-state index contributed by atoms with van der Waals surface area (Å²) in [5.41, 5.74) is 4.91. The first-order chi connectivity index (χ1) is 15.1. The molecule has 156 valence electrons. The first-order valence-electron chi connectivity index (χ1n) is 9.91. The molecule has 0 spiro atoms. The monoisotopic (exact) mass is 430 g/mol. The fourth-order valence-corrected chi connectivity index (χ4v) is 3.95. The fraction of sp³-hybridized carbons (Fsp3) is 0.160. The van der Waals surface area contributed by atoms with Gasteiger partial charge in [-0.1, -0.05) is 72.0 Å². The van der Waals surface area contributed by atoms with E-state index in [-0.39, 0.29) is 5.78 Å². The third-order valence-corrected chi connectivity index (χ3v) is 5.86. The minimum absolute atomic E-state index is 0.0536. The second-order valence-corrected chi connectivity index (χ2v) is 7.97. The van der Waals surface area contributed by atoms with Gasteiger partial charge in [0.2, 0.25) is 0 Å². The predicted molar refractivity (Wildman–Crippen MR) is 124 cm³/mol. The molecule has 1 aromatic heterocycles. The topological polar surface area (TPSA) is 61.3 Å². The van der Waals surface area contributed by atoms with E-state index in [0.29, 0.717) is 18.8 Å². The number of aromatic nitrogens is 2. The van der Waals surface area contributed by atoms with Gasteiger partial charge in [-0.05, 0) is 30.2 Å². The van der Waals surface area contributed by atoms with Crippen LogP contribution in [-0.2, 0) is 4.74 Å². The summed E-state index contributed by atoms with van der Waals surface area (Å²) in [6.07, 6.45) is 0. The maximum absolute atomic E-state index is 11.4. The molecular formula is C25H22N2O3S. The van der Waals surface area contributed by atoms with Gasteiger partial charge in [-0.2, -0.15) is 0 Å². The Bertz CT molecular complexity index is 1150. The van der Waals surface area contributed by atoms with Gasteiger partial charge in [0, 0.05) is 23.8 Å². The molecule has 5 nitrogen and oxygen atoms in total. The number of ether oxygens (including phenoxy) is 2. The molecular weight excluding hydrogens is 408 g/mol. The summed E-state index contributed by atoms with van der Waals surface area (Å²) in [5, 5.41) is 10.4. The van der Waals surface area contributed by atoms with Crippen molar-refractivity contribution in [3.63, 3.8) is 0 Å². The van der Waals surface area contributed by atoms with Gasteiger partial charge in [0.15, 0.2) is 5.78 Å².